The maximum Gasteiger partial charge on any atom is 0.416 e. The minimum atomic E-state index is -4.53. The molecule has 0 amide bonds. The summed E-state index contributed by atoms with van der Waals surface area (Å²) in [5, 5.41) is 83.5. The third kappa shape index (κ3) is 17.2. The van der Waals surface area contributed by atoms with Crippen molar-refractivity contribution >= 4 is 47.4 Å². The summed E-state index contributed by atoms with van der Waals surface area (Å²) < 4.78 is 121. The topological polar surface area (TPSA) is 445 Å². The highest BCUT2D eigenvalue weighted by molar-refractivity contribution is 7.99. The number of aliphatic hydroxyl groups excluding tert-OH is 4. The van der Waals surface area contributed by atoms with Gasteiger partial charge in [-0.25, -0.2) is 37.9 Å². The Labute approximate surface area is 507 Å². The van der Waals surface area contributed by atoms with Crippen molar-refractivity contribution in [1.29, 1.82) is 0 Å². The number of benzene rings is 2. The molecule has 6 aromatic rings. The van der Waals surface area contributed by atoms with Gasteiger partial charge in [-0.2, -0.15) is 26.3 Å². The van der Waals surface area contributed by atoms with Crippen molar-refractivity contribution in [1.82, 2.24) is 49.3 Å². The van der Waals surface area contributed by atoms with Gasteiger partial charge >= 0.3 is 36.2 Å². The highest BCUT2D eigenvalue weighted by Gasteiger charge is 2.62. The maximum atomic E-state index is 14.5. The van der Waals surface area contributed by atoms with Gasteiger partial charge in [0.25, 0.3) is 0 Å². The number of hydrogen-bond acceptors (Lipinski definition) is 20. The Morgan fingerprint density at radius 1 is 0.584 bits per heavy atom. The predicted octanol–water partition coefficient (Wildman–Crippen LogP) is 2.66. The van der Waals surface area contributed by atoms with E-state index in [1.807, 2.05) is 37.1 Å². The molecule has 2 saturated carbocycles. The van der Waals surface area contributed by atoms with Gasteiger partial charge in [-0.1, -0.05) is 35.7 Å². The van der Waals surface area contributed by atoms with E-state index in [1.165, 1.54) is 24.9 Å². The molecule has 2 saturated heterocycles. The minimum absolute atomic E-state index is 0. The Morgan fingerprint density at radius 3 is 1.18 bits per heavy atom. The Balaban J connectivity index is 0.000000285. The van der Waals surface area contributed by atoms with Crippen LogP contribution < -0.4 is 0 Å². The van der Waals surface area contributed by atoms with Crippen LogP contribution in [-0.2, 0) is 56.5 Å². The summed E-state index contributed by atoms with van der Waals surface area (Å²) in [6.45, 7) is 8.47. The monoisotopic (exact) mass is 1320 g/mol. The molecule has 6 heterocycles. The van der Waals surface area contributed by atoms with Gasteiger partial charge in [0, 0.05) is 62.6 Å². The average Bonchev–Trinajstić information content (AvgIpc) is 1.61. The lowest BCUT2D eigenvalue weighted by Gasteiger charge is -2.21. The summed E-state index contributed by atoms with van der Waals surface area (Å²) in [5.74, 6) is -3.80. The van der Waals surface area contributed by atoms with E-state index in [1.54, 1.807) is 23.5 Å². The number of aliphatic carboxylic acids is 4. The summed E-state index contributed by atoms with van der Waals surface area (Å²) in [4.78, 5) is 51.8. The summed E-state index contributed by atoms with van der Waals surface area (Å²) in [6, 6.07) is 5.93. The Morgan fingerprint density at radius 2 is 0.910 bits per heavy atom. The zero-order valence-electron chi connectivity index (χ0n) is 47.4. The van der Waals surface area contributed by atoms with Gasteiger partial charge in [0.15, 0.2) is 59.0 Å². The SMILES string of the molecule is Cc1ncoc1-c1nnc(SCCCN2C[C@@H]3C[C@]3(c3ccc(C(F)(F)F)cc3F)C2)n1C.Cc1ncoc1-c1nnc(SCCCN2C[C@@H]3C[C@]3(c3ccc(C(F)(F)F)cc3F)C2)n1C.O.O.O.O=C(O)[C@H](O)[C@@H](O)C(=O)O.O=C(O)[C@H](O)[C@@H](O)C(=O)O. The highest BCUT2D eigenvalue weighted by atomic mass is 32.2. The zero-order valence-corrected chi connectivity index (χ0v) is 49.0. The molecule has 10 rings (SSSR count). The van der Waals surface area contributed by atoms with Gasteiger partial charge in [0.05, 0.1) is 22.5 Å². The van der Waals surface area contributed by atoms with E-state index in [-0.39, 0.29) is 27.3 Å². The van der Waals surface area contributed by atoms with Crippen molar-refractivity contribution in [3.63, 3.8) is 0 Å². The van der Waals surface area contributed by atoms with Gasteiger partial charge in [-0.05, 0) is 99.8 Å². The fraction of sp³-hybridized carbons (Fsp3) is 0.500. The number of thioether (sulfide) groups is 2. The molecule has 492 valence electrons. The number of carboxylic acid groups (broad SMARTS) is 4. The predicted molar refractivity (Wildman–Crippen MR) is 294 cm³/mol. The van der Waals surface area contributed by atoms with Crippen LogP contribution in [0.5, 0.6) is 0 Å². The molecule has 0 unspecified atom stereocenters. The van der Waals surface area contributed by atoms with E-state index in [0.29, 0.717) is 71.4 Å². The number of likely N-dealkylation sites (tertiary alicyclic amines) is 2. The lowest BCUT2D eigenvalue weighted by Crippen LogP contribution is -2.39. The standard InChI is InChI=1S/2C22H23F4N5OS.2C4H6O6.3H2O/c2*1-13-18(32-12-27-13)19-28-29-20(30(19)2)33-7-3-6-31-10-15-9-21(15,11-31)16-5-4-14(8-17(16)23)22(24,25)26;2*5-1(3(7)8)2(6)4(9)10;;;/h2*4-5,8,12,15H,3,6-7,9-11H2,1-2H3;2*1-2,5-6H,(H,7,8)(H,9,10);3*1H2/t2*15-,21-;2*1-,2-;;;/m0011.../s1. The van der Waals surface area contributed by atoms with E-state index in [9.17, 15) is 54.3 Å². The van der Waals surface area contributed by atoms with Crippen LogP contribution in [0.15, 0.2) is 68.3 Å². The second kappa shape index (κ2) is 30.1. The number of oxazole rings is 2. The fourth-order valence-electron chi connectivity index (χ4n) is 10.3. The largest absolute Gasteiger partial charge is 0.479 e. The van der Waals surface area contributed by atoms with Crippen molar-refractivity contribution in [3.05, 3.63) is 94.5 Å². The van der Waals surface area contributed by atoms with E-state index in [2.05, 4.69) is 40.2 Å². The zero-order chi connectivity index (χ0) is 63.4. The normalized spacial score (nSPS) is 20.4. The van der Waals surface area contributed by atoms with Crippen LogP contribution >= 0.6 is 23.5 Å². The van der Waals surface area contributed by atoms with Crippen LogP contribution in [0.1, 0.15) is 59.3 Å². The number of hydrogen-bond donors (Lipinski definition) is 8. The lowest BCUT2D eigenvalue weighted by molar-refractivity contribution is -0.165. The first kappa shape index (κ1) is 74.3. The molecule has 2 aromatic carbocycles. The van der Waals surface area contributed by atoms with Crippen LogP contribution in [0.3, 0.4) is 0 Å². The second-order valence-corrected chi connectivity index (χ2v) is 22.9. The quantitative estimate of drug-likeness (QED) is 0.0309. The van der Waals surface area contributed by atoms with Gasteiger partial charge in [0.1, 0.15) is 11.6 Å². The molecular formula is C52H64F8N10O17S2. The number of carbonyl (C=O) groups is 4. The number of piperidine rings is 2. The van der Waals surface area contributed by atoms with Crippen molar-refractivity contribution in [2.24, 2.45) is 25.9 Å². The summed E-state index contributed by atoms with van der Waals surface area (Å²) in [5.41, 5.74) is -0.187. The maximum absolute atomic E-state index is 14.5. The Hall–Kier alpha value is -7.20. The molecule has 14 N–H and O–H groups in total. The van der Waals surface area contributed by atoms with Gasteiger partial charge in [-0.3, -0.25) is 0 Å². The first-order valence-corrected chi connectivity index (χ1v) is 28.0. The van der Waals surface area contributed by atoms with Crippen LogP contribution in [0, 0.1) is 37.3 Å². The van der Waals surface area contributed by atoms with E-state index >= 15 is 0 Å². The molecule has 8 atom stereocenters. The number of rotatable bonds is 20. The molecule has 27 nitrogen and oxygen atoms in total. The highest BCUT2D eigenvalue weighted by Crippen LogP contribution is 2.61. The molecule has 4 fully saturated rings. The molecule has 4 aromatic heterocycles. The third-order valence-electron chi connectivity index (χ3n) is 15.0. The van der Waals surface area contributed by atoms with Crippen LogP contribution in [0.4, 0.5) is 35.1 Å². The fourth-order valence-corrected chi connectivity index (χ4v) is 12.0. The molecule has 2 aliphatic heterocycles. The number of aliphatic hydroxyl groups is 4. The van der Waals surface area contributed by atoms with Crippen LogP contribution in [-0.4, -0.2) is 206 Å². The number of nitrogens with zero attached hydrogens (tertiary/aromatic N) is 10. The lowest BCUT2D eigenvalue weighted by atomic mass is 9.93. The first-order chi connectivity index (χ1) is 40.3. The molecule has 89 heavy (non-hydrogen) atoms. The van der Waals surface area contributed by atoms with E-state index < -0.39 is 83.4 Å². The number of halogens is 8. The Bertz CT molecular complexity index is 3150. The van der Waals surface area contributed by atoms with E-state index in [0.717, 1.165) is 97.2 Å². The summed E-state index contributed by atoms with van der Waals surface area (Å²) in [6.07, 6.45) is -11.9. The minimum Gasteiger partial charge on any atom is -0.479 e. The van der Waals surface area contributed by atoms with Gasteiger partial charge in [-0.15, -0.1) is 20.4 Å². The molecule has 37 heteroatoms. The molecule has 0 radical (unpaired) electrons. The number of carboxylic acids is 4. The summed E-state index contributed by atoms with van der Waals surface area (Å²) >= 11 is 3.20. The van der Waals surface area contributed by atoms with Gasteiger partial charge < -0.3 is 85.0 Å². The van der Waals surface area contributed by atoms with Gasteiger partial charge in [0.2, 0.25) is 11.6 Å². The third-order valence-corrected chi connectivity index (χ3v) is 17.2. The molecule has 2 aliphatic carbocycles. The van der Waals surface area contributed by atoms with Crippen molar-refractivity contribution < 1.29 is 120 Å². The average molecular weight is 1320 g/mol. The van der Waals surface area contributed by atoms with E-state index in [4.69, 9.17) is 49.7 Å². The Kier molecular flexibility index (Phi) is 25.1. The molecule has 4 aliphatic rings. The van der Waals surface area contributed by atoms with Crippen molar-refractivity contribution in [2.75, 3.05) is 50.8 Å². The van der Waals surface area contributed by atoms with Crippen molar-refractivity contribution in [3.8, 4) is 23.2 Å². The smallest absolute Gasteiger partial charge is 0.416 e. The molecule has 0 spiro atoms. The van der Waals surface area contributed by atoms with Crippen LogP contribution in [0.25, 0.3) is 23.2 Å². The number of fused-ring (bicyclic) bond motifs is 2. The second-order valence-electron chi connectivity index (χ2n) is 20.8. The summed E-state index contributed by atoms with van der Waals surface area (Å²) in [7, 11) is 3.77. The van der Waals surface area contributed by atoms with Crippen LogP contribution in [0.2, 0.25) is 0 Å². The number of aromatic nitrogens is 8. The number of alkyl halides is 6. The van der Waals surface area contributed by atoms with Crippen molar-refractivity contribution in [2.45, 2.75) is 97.4 Å². The number of aryl methyl sites for hydroxylation is 2. The first-order valence-electron chi connectivity index (χ1n) is 26.0. The molecule has 0 bridgehead atoms. The molecular weight excluding hydrogens is 1250 g/mol.